The molecule has 1 saturated heterocycles. The second-order valence-electron chi connectivity index (χ2n) is 4.61. The maximum atomic E-state index is 5.72. The lowest BCUT2D eigenvalue weighted by molar-refractivity contribution is -0.226. The van der Waals surface area contributed by atoms with Gasteiger partial charge in [0.05, 0.1) is 12.1 Å². The molecule has 0 aliphatic carbocycles. The summed E-state index contributed by atoms with van der Waals surface area (Å²) in [5.41, 5.74) is -0.0722. The zero-order valence-electron chi connectivity index (χ0n) is 10.0. The lowest BCUT2D eigenvalue weighted by Gasteiger charge is -2.41. The number of hydrogen-bond acceptors (Lipinski definition) is 3. The molecule has 0 aromatic heterocycles. The van der Waals surface area contributed by atoms with Crippen LogP contribution in [-0.4, -0.2) is 30.6 Å². The molecule has 1 rings (SSSR count). The monoisotopic (exact) mass is 201 g/mol. The molecule has 1 fully saturated rings. The third-order valence-electron chi connectivity index (χ3n) is 3.01. The molecule has 14 heavy (non-hydrogen) atoms. The van der Waals surface area contributed by atoms with Gasteiger partial charge < -0.3 is 14.8 Å². The molecule has 0 amide bonds. The van der Waals surface area contributed by atoms with Gasteiger partial charge in [0.25, 0.3) is 0 Å². The van der Waals surface area contributed by atoms with Crippen LogP contribution in [-0.2, 0) is 9.47 Å². The topological polar surface area (TPSA) is 30.5 Å². The highest BCUT2D eigenvalue weighted by Crippen LogP contribution is 2.36. The Labute approximate surface area is 87.2 Å². The van der Waals surface area contributed by atoms with Gasteiger partial charge in [-0.2, -0.15) is 0 Å². The quantitative estimate of drug-likeness (QED) is 0.753. The predicted molar refractivity (Wildman–Crippen MR) is 57.3 cm³/mol. The fraction of sp³-hybridized carbons (Fsp3) is 1.00. The van der Waals surface area contributed by atoms with Crippen LogP contribution in [0.1, 0.15) is 41.0 Å². The van der Waals surface area contributed by atoms with Crippen molar-refractivity contribution in [2.24, 2.45) is 0 Å². The Morgan fingerprint density at radius 1 is 1.43 bits per heavy atom. The average molecular weight is 201 g/mol. The van der Waals surface area contributed by atoms with Crippen LogP contribution in [0.3, 0.4) is 0 Å². The maximum Gasteiger partial charge on any atom is 0.183 e. The average Bonchev–Trinajstić information content (AvgIpc) is 2.27. The summed E-state index contributed by atoms with van der Waals surface area (Å²) in [5.74, 6) is -0.480. The van der Waals surface area contributed by atoms with E-state index in [9.17, 15) is 0 Å². The van der Waals surface area contributed by atoms with E-state index in [-0.39, 0.29) is 5.54 Å². The molecule has 0 spiro atoms. The van der Waals surface area contributed by atoms with Gasteiger partial charge in [0.1, 0.15) is 0 Å². The SMILES string of the molecule is CCO[C@@]1(C)OCC[C@@]1(C)NC(C)C. The molecule has 2 atom stereocenters. The van der Waals surface area contributed by atoms with E-state index in [4.69, 9.17) is 9.47 Å². The molecule has 1 aliphatic heterocycles. The largest absolute Gasteiger partial charge is 0.349 e. The van der Waals surface area contributed by atoms with Crippen LogP contribution < -0.4 is 5.32 Å². The van der Waals surface area contributed by atoms with Gasteiger partial charge in [0, 0.05) is 12.6 Å². The van der Waals surface area contributed by atoms with Gasteiger partial charge >= 0.3 is 0 Å². The van der Waals surface area contributed by atoms with Crippen LogP contribution in [0.5, 0.6) is 0 Å². The fourth-order valence-electron chi connectivity index (χ4n) is 2.15. The molecular weight excluding hydrogens is 178 g/mol. The third kappa shape index (κ3) is 2.10. The normalized spacial score (nSPS) is 38.1. The van der Waals surface area contributed by atoms with Crippen LogP contribution in [0.4, 0.5) is 0 Å². The molecule has 0 aromatic rings. The van der Waals surface area contributed by atoms with Crippen molar-refractivity contribution in [1.82, 2.24) is 5.32 Å². The second kappa shape index (κ2) is 4.17. The summed E-state index contributed by atoms with van der Waals surface area (Å²) in [6.45, 7) is 12.0. The molecule has 0 saturated carbocycles. The summed E-state index contributed by atoms with van der Waals surface area (Å²) in [7, 11) is 0. The Hall–Kier alpha value is -0.120. The minimum atomic E-state index is -0.480. The molecular formula is C11H23NO2. The number of rotatable bonds is 4. The van der Waals surface area contributed by atoms with Crippen molar-refractivity contribution in [3.8, 4) is 0 Å². The molecule has 3 nitrogen and oxygen atoms in total. The fourth-order valence-corrected chi connectivity index (χ4v) is 2.15. The molecule has 0 unspecified atom stereocenters. The number of nitrogens with one attached hydrogen (secondary N) is 1. The lowest BCUT2D eigenvalue weighted by Crippen LogP contribution is -2.59. The van der Waals surface area contributed by atoms with Gasteiger partial charge in [-0.1, -0.05) is 13.8 Å². The van der Waals surface area contributed by atoms with Crippen molar-refractivity contribution < 1.29 is 9.47 Å². The van der Waals surface area contributed by atoms with E-state index in [1.165, 1.54) is 0 Å². The number of hydrogen-bond donors (Lipinski definition) is 1. The maximum absolute atomic E-state index is 5.72. The first-order chi connectivity index (χ1) is 6.43. The van der Waals surface area contributed by atoms with Crippen LogP contribution in [0, 0.1) is 0 Å². The van der Waals surface area contributed by atoms with E-state index in [1.807, 2.05) is 13.8 Å². The standard InChI is InChI=1S/C11H23NO2/c1-6-13-11(5)10(4,7-8-14-11)12-9(2)3/h9,12H,6-8H2,1-5H3/t10-,11+/m1/s1. The van der Waals surface area contributed by atoms with Crippen molar-refractivity contribution in [3.63, 3.8) is 0 Å². The third-order valence-corrected chi connectivity index (χ3v) is 3.01. The summed E-state index contributed by atoms with van der Waals surface area (Å²) in [4.78, 5) is 0. The van der Waals surface area contributed by atoms with Crippen molar-refractivity contribution >= 4 is 0 Å². The van der Waals surface area contributed by atoms with E-state index >= 15 is 0 Å². The van der Waals surface area contributed by atoms with Gasteiger partial charge in [-0.15, -0.1) is 0 Å². The number of ether oxygens (including phenoxy) is 2. The first kappa shape index (κ1) is 12.0. The molecule has 0 radical (unpaired) electrons. The molecule has 0 aromatic carbocycles. The van der Waals surface area contributed by atoms with Crippen LogP contribution in [0.25, 0.3) is 0 Å². The summed E-state index contributed by atoms with van der Waals surface area (Å²) in [6.07, 6.45) is 1.00. The molecule has 1 aliphatic rings. The zero-order valence-corrected chi connectivity index (χ0v) is 10.0. The highest BCUT2D eigenvalue weighted by molar-refractivity contribution is 5.00. The van der Waals surface area contributed by atoms with Gasteiger partial charge in [0.2, 0.25) is 0 Å². The van der Waals surface area contributed by atoms with Crippen molar-refractivity contribution in [2.45, 2.75) is 58.4 Å². The summed E-state index contributed by atoms with van der Waals surface area (Å²) >= 11 is 0. The molecule has 3 heteroatoms. The second-order valence-corrected chi connectivity index (χ2v) is 4.61. The minimum absolute atomic E-state index is 0.0722. The van der Waals surface area contributed by atoms with Gasteiger partial charge in [-0.05, 0) is 27.2 Å². The lowest BCUT2D eigenvalue weighted by atomic mass is 9.90. The zero-order chi connectivity index (χ0) is 10.8. The summed E-state index contributed by atoms with van der Waals surface area (Å²) < 4.78 is 11.4. The minimum Gasteiger partial charge on any atom is -0.349 e. The van der Waals surface area contributed by atoms with Crippen LogP contribution in [0.15, 0.2) is 0 Å². The first-order valence-corrected chi connectivity index (χ1v) is 5.49. The summed E-state index contributed by atoms with van der Waals surface area (Å²) in [6, 6.07) is 0.446. The highest BCUT2D eigenvalue weighted by atomic mass is 16.7. The Morgan fingerprint density at radius 2 is 2.07 bits per heavy atom. The smallest absolute Gasteiger partial charge is 0.183 e. The van der Waals surface area contributed by atoms with Gasteiger partial charge in [-0.3, -0.25) is 0 Å². The molecule has 1 heterocycles. The first-order valence-electron chi connectivity index (χ1n) is 5.49. The van der Waals surface area contributed by atoms with Gasteiger partial charge in [0.15, 0.2) is 5.79 Å². The molecule has 84 valence electrons. The summed E-state index contributed by atoms with van der Waals surface area (Å²) in [5, 5.41) is 3.54. The van der Waals surface area contributed by atoms with E-state index in [0.29, 0.717) is 12.6 Å². The van der Waals surface area contributed by atoms with E-state index in [0.717, 1.165) is 13.0 Å². The van der Waals surface area contributed by atoms with E-state index in [2.05, 4.69) is 26.1 Å². The molecule has 0 bridgehead atoms. The highest BCUT2D eigenvalue weighted by Gasteiger charge is 2.51. The van der Waals surface area contributed by atoms with Gasteiger partial charge in [-0.25, -0.2) is 0 Å². The Bertz CT molecular complexity index is 196. The van der Waals surface area contributed by atoms with E-state index < -0.39 is 5.79 Å². The molecule has 1 N–H and O–H groups in total. The van der Waals surface area contributed by atoms with Crippen molar-refractivity contribution in [3.05, 3.63) is 0 Å². The van der Waals surface area contributed by atoms with Crippen LogP contribution in [0.2, 0.25) is 0 Å². The Morgan fingerprint density at radius 3 is 2.57 bits per heavy atom. The van der Waals surface area contributed by atoms with Crippen molar-refractivity contribution in [2.75, 3.05) is 13.2 Å². The Balaban J connectivity index is 2.74. The van der Waals surface area contributed by atoms with E-state index in [1.54, 1.807) is 0 Å². The predicted octanol–water partition coefficient (Wildman–Crippen LogP) is 1.92. The Kier molecular flexibility index (Phi) is 3.56. The van der Waals surface area contributed by atoms with Crippen LogP contribution >= 0.6 is 0 Å². The van der Waals surface area contributed by atoms with Crippen molar-refractivity contribution in [1.29, 1.82) is 0 Å².